The lowest BCUT2D eigenvalue weighted by Crippen LogP contribution is -2.42. The summed E-state index contributed by atoms with van der Waals surface area (Å²) in [5.41, 5.74) is 1.88. The number of nitrogens with one attached hydrogen (secondary N) is 2. The highest BCUT2D eigenvalue weighted by molar-refractivity contribution is 5.98. The van der Waals surface area contributed by atoms with Crippen molar-refractivity contribution in [1.29, 1.82) is 0 Å². The Bertz CT molecular complexity index is 1020. The maximum Gasteiger partial charge on any atom is 0.325 e. The van der Waals surface area contributed by atoms with Gasteiger partial charge in [-0.2, -0.15) is 0 Å². The number of carbonyl (C=O) groups is 3. The maximum atomic E-state index is 12.8. The highest BCUT2D eigenvalue weighted by atomic mass is 16.5. The molecule has 9 nitrogen and oxygen atoms in total. The number of allylic oxidation sites excluding steroid dienone is 2. The molecule has 0 spiro atoms. The van der Waals surface area contributed by atoms with Crippen molar-refractivity contribution in [2.45, 2.75) is 18.9 Å². The number of carboxylic acids is 2. The van der Waals surface area contributed by atoms with Gasteiger partial charge >= 0.3 is 11.9 Å². The number of anilines is 1. The Balaban J connectivity index is 1.60. The molecule has 2 heterocycles. The van der Waals surface area contributed by atoms with Gasteiger partial charge in [0.05, 0.1) is 25.0 Å². The lowest BCUT2D eigenvalue weighted by molar-refractivity contribution is -0.146. The van der Waals surface area contributed by atoms with Crippen molar-refractivity contribution >= 4 is 34.4 Å². The van der Waals surface area contributed by atoms with Gasteiger partial charge in [0.15, 0.2) is 0 Å². The molecule has 2 aliphatic rings. The van der Waals surface area contributed by atoms with Crippen LogP contribution in [0.15, 0.2) is 36.5 Å². The number of hydrogen-bond acceptors (Lipinski definition) is 5. The van der Waals surface area contributed by atoms with Crippen LogP contribution in [0.1, 0.15) is 24.4 Å². The number of fused-ring (bicyclic) bond motifs is 1. The summed E-state index contributed by atoms with van der Waals surface area (Å²) in [4.78, 5) is 41.4. The fraction of sp³-hybridized carbons (Fsp3) is 0.409. The van der Waals surface area contributed by atoms with E-state index in [9.17, 15) is 24.6 Å². The average molecular weight is 427 g/mol. The van der Waals surface area contributed by atoms with Crippen LogP contribution in [0.25, 0.3) is 10.9 Å². The number of rotatable bonds is 6. The van der Waals surface area contributed by atoms with Gasteiger partial charge in [0.2, 0.25) is 5.91 Å². The van der Waals surface area contributed by atoms with Crippen molar-refractivity contribution in [2.24, 2.45) is 11.8 Å². The molecule has 0 radical (unpaired) electrons. The van der Waals surface area contributed by atoms with Gasteiger partial charge in [-0.1, -0.05) is 12.2 Å². The van der Waals surface area contributed by atoms with Crippen LogP contribution in [0.3, 0.4) is 0 Å². The van der Waals surface area contributed by atoms with Crippen molar-refractivity contribution < 1.29 is 29.3 Å². The molecule has 31 heavy (non-hydrogen) atoms. The number of nitrogens with zero attached hydrogens (tertiary/aromatic N) is 1. The second-order valence-corrected chi connectivity index (χ2v) is 7.88. The maximum absolute atomic E-state index is 12.8. The van der Waals surface area contributed by atoms with Gasteiger partial charge in [0.25, 0.3) is 0 Å². The summed E-state index contributed by atoms with van der Waals surface area (Å²) in [6.45, 7) is 2.00. The van der Waals surface area contributed by atoms with E-state index in [2.05, 4.69) is 10.3 Å². The van der Waals surface area contributed by atoms with Gasteiger partial charge in [0, 0.05) is 41.4 Å². The molecule has 4 N–H and O–H groups in total. The molecule has 4 rings (SSSR count). The molecular weight excluding hydrogens is 402 g/mol. The normalized spacial score (nSPS) is 22.8. The van der Waals surface area contributed by atoms with Crippen LogP contribution in [0.2, 0.25) is 0 Å². The minimum absolute atomic E-state index is 0.328. The number of ether oxygens (including phenoxy) is 1. The fourth-order valence-corrected chi connectivity index (χ4v) is 4.38. The monoisotopic (exact) mass is 427 g/mol. The van der Waals surface area contributed by atoms with Crippen LogP contribution in [0.4, 0.5) is 5.69 Å². The summed E-state index contributed by atoms with van der Waals surface area (Å²) in [5.74, 6) is -3.69. The van der Waals surface area contributed by atoms with Crippen molar-refractivity contribution in [2.75, 3.05) is 31.6 Å². The van der Waals surface area contributed by atoms with E-state index in [1.165, 1.54) is 0 Å². The number of hydrogen-bond donors (Lipinski definition) is 4. The van der Waals surface area contributed by atoms with Crippen molar-refractivity contribution in [3.05, 3.63) is 42.1 Å². The Morgan fingerprint density at radius 3 is 2.48 bits per heavy atom. The van der Waals surface area contributed by atoms with E-state index in [0.29, 0.717) is 55.8 Å². The van der Waals surface area contributed by atoms with Crippen molar-refractivity contribution in [1.82, 2.24) is 9.88 Å². The first-order valence-corrected chi connectivity index (χ1v) is 10.3. The van der Waals surface area contributed by atoms with Gasteiger partial charge in [-0.25, -0.2) is 0 Å². The highest BCUT2D eigenvalue weighted by Crippen LogP contribution is 2.32. The molecule has 0 unspecified atom stereocenters. The number of aromatic nitrogens is 1. The number of morpholine rings is 1. The molecule has 1 saturated heterocycles. The van der Waals surface area contributed by atoms with E-state index in [4.69, 9.17) is 4.74 Å². The number of aromatic amines is 1. The lowest BCUT2D eigenvalue weighted by Gasteiger charge is -2.31. The zero-order valence-electron chi connectivity index (χ0n) is 16.9. The Hall–Kier alpha value is -3.17. The average Bonchev–Trinajstić information content (AvgIpc) is 3.17. The van der Waals surface area contributed by atoms with Crippen molar-refractivity contribution in [3.8, 4) is 0 Å². The second-order valence-electron chi connectivity index (χ2n) is 7.88. The van der Waals surface area contributed by atoms with Crippen molar-refractivity contribution in [3.63, 3.8) is 0 Å². The first-order valence-electron chi connectivity index (χ1n) is 10.3. The van der Waals surface area contributed by atoms with E-state index in [-0.39, 0.29) is 5.91 Å². The van der Waals surface area contributed by atoms with E-state index in [1.54, 1.807) is 30.5 Å². The third-order valence-corrected chi connectivity index (χ3v) is 6.01. The Morgan fingerprint density at radius 2 is 1.81 bits per heavy atom. The smallest absolute Gasteiger partial charge is 0.325 e. The van der Waals surface area contributed by atoms with Crippen LogP contribution >= 0.6 is 0 Å². The topological polar surface area (TPSA) is 132 Å². The quantitative estimate of drug-likeness (QED) is 0.520. The zero-order valence-corrected chi connectivity index (χ0v) is 16.9. The van der Waals surface area contributed by atoms with Crippen LogP contribution < -0.4 is 5.32 Å². The molecule has 1 aromatic carbocycles. The number of carboxylic acid groups (broad SMARTS) is 2. The van der Waals surface area contributed by atoms with E-state index in [1.807, 2.05) is 11.0 Å². The Labute approximate surface area is 178 Å². The van der Waals surface area contributed by atoms with E-state index < -0.39 is 29.8 Å². The number of H-pyrrole nitrogens is 1. The third kappa shape index (κ3) is 4.33. The largest absolute Gasteiger partial charge is 0.481 e. The molecule has 1 aliphatic carbocycles. The molecule has 1 amide bonds. The number of amides is 1. The van der Waals surface area contributed by atoms with Crippen LogP contribution in [0.5, 0.6) is 0 Å². The summed E-state index contributed by atoms with van der Waals surface area (Å²) in [6.07, 6.45) is 6.01. The summed E-state index contributed by atoms with van der Waals surface area (Å²) >= 11 is 0. The first-order chi connectivity index (χ1) is 15.0. The molecule has 2 aromatic rings. The SMILES string of the molecule is O=C(O)[C@H](c1c[nH]c2ccc(NC(=O)[C@@H]3CC=CC[C@H]3C(=O)O)cc12)N1CCOCC1. The molecule has 0 bridgehead atoms. The van der Waals surface area contributed by atoms with Crippen LogP contribution in [0, 0.1) is 11.8 Å². The van der Waals surface area contributed by atoms with Crippen LogP contribution in [-0.2, 0) is 19.1 Å². The minimum Gasteiger partial charge on any atom is -0.481 e. The number of carbonyl (C=O) groups excluding carboxylic acids is 1. The van der Waals surface area contributed by atoms with Gasteiger partial charge in [-0.3, -0.25) is 19.3 Å². The van der Waals surface area contributed by atoms with Gasteiger partial charge in [-0.05, 0) is 31.0 Å². The standard InChI is InChI=1S/C22H25N3O6/c26-20(14-3-1-2-4-15(14)21(27)28)24-13-5-6-18-16(11-13)17(12-23-18)19(22(29)30)25-7-9-31-10-8-25/h1-2,5-6,11-12,14-15,19,23H,3-4,7-10H2,(H,24,26)(H,27,28)(H,29,30)/t14-,15-,19+/m1/s1. The van der Waals surface area contributed by atoms with Gasteiger partial charge in [-0.15, -0.1) is 0 Å². The van der Waals surface area contributed by atoms with Gasteiger partial charge in [0.1, 0.15) is 6.04 Å². The predicted molar refractivity (Wildman–Crippen MR) is 113 cm³/mol. The highest BCUT2D eigenvalue weighted by Gasteiger charge is 2.34. The zero-order chi connectivity index (χ0) is 22.0. The molecule has 1 fully saturated rings. The number of aliphatic carboxylic acids is 2. The lowest BCUT2D eigenvalue weighted by atomic mass is 9.82. The number of benzene rings is 1. The molecule has 1 aliphatic heterocycles. The summed E-state index contributed by atoms with van der Waals surface area (Å²) in [7, 11) is 0. The first kappa shape index (κ1) is 21.1. The molecule has 164 valence electrons. The second kappa shape index (κ2) is 8.91. The summed E-state index contributed by atoms with van der Waals surface area (Å²) in [6, 6.07) is 4.41. The summed E-state index contributed by atoms with van der Waals surface area (Å²) < 4.78 is 5.34. The van der Waals surface area contributed by atoms with Crippen LogP contribution in [-0.4, -0.2) is 64.2 Å². The van der Waals surface area contributed by atoms with Gasteiger partial charge < -0.3 is 25.3 Å². The molecular formula is C22H25N3O6. The molecule has 1 aromatic heterocycles. The summed E-state index contributed by atoms with van der Waals surface area (Å²) in [5, 5.41) is 22.8. The Morgan fingerprint density at radius 1 is 1.10 bits per heavy atom. The molecule has 3 atom stereocenters. The predicted octanol–water partition coefficient (Wildman–Crippen LogP) is 2.23. The third-order valence-electron chi connectivity index (χ3n) is 6.01. The molecule has 9 heteroatoms. The minimum atomic E-state index is -0.984. The van der Waals surface area contributed by atoms with E-state index in [0.717, 1.165) is 5.52 Å². The van der Waals surface area contributed by atoms with E-state index >= 15 is 0 Å². The Kier molecular flexibility index (Phi) is 6.06. The molecule has 0 saturated carbocycles. The fourth-order valence-electron chi connectivity index (χ4n) is 4.38.